The maximum absolute atomic E-state index is 12.7. The Labute approximate surface area is 136 Å². The van der Waals surface area contributed by atoms with Crippen molar-refractivity contribution < 1.29 is 4.79 Å². The Morgan fingerprint density at radius 1 is 1.09 bits per heavy atom. The van der Waals surface area contributed by atoms with E-state index in [1.807, 2.05) is 43.3 Å². The number of carbonyl (C=O) groups is 1. The minimum Gasteiger partial charge on any atom is -0.310 e. The molecule has 2 aromatic carbocycles. The molecule has 0 amide bonds. The molecule has 2 aromatic rings. The number of hydrogen-bond acceptors (Lipinski definition) is 4. The van der Waals surface area contributed by atoms with Gasteiger partial charge < -0.3 is 9.80 Å². The molecule has 0 bridgehead atoms. The molecule has 0 spiro atoms. The third kappa shape index (κ3) is 2.40. The number of benzene rings is 2. The molecule has 0 aliphatic carbocycles. The van der Waals surface area contributed by atoms with Crippen molar-refractivity contribution in [2.45, 2.75) is 13.3 Å². The first kappa shape index (κ1) is 14.0. The number of para-hydroxylation sites is 2. The van der Waals surface area contributed by atoms with Crippen molar-refractivity contribution in [2.24, 2.45) is 4.99 Å². The van der Waals surface area contributed by atoms with E-state index in [0.717, 1.165) is 48.0 Å². The third-order valence-corrected chi connectivity index (χ3v) is 4.41. The van der Waals surface area contributed by atoms with Crippen LogP contribution in [0.25, 0.3) is 0 Å². The van der Waals surface area contributed by atoms with Crippen molar-refractivity contribution in [2.75, 3.05) is 29.4 Å². The van der Waals surface area contributed by atoms with Gasteiger partial charge in [0.1, 0.15) is 0 Å². The lowest BCUT2D eigenvalue weighted by molar-refractivity contribution is 0.100. The van der Waals surface area contributed by atoms with Crippen LogP contribution in [0, 0.1) is 6.92 Å². The standard InChI is InChI=1S/C19H19N3O/c1-14-7-9-15(10-8-14)18(23)13-22-17-6-3-2-5-16(17)21-12-4-11-20-19(21)22/h2-3,5-10H,4,11-13H2,1H3. The normalized spacial score (nSPS) is 16.0. The van der Waals surface area contributed by atoms with Crippen LogP contribution in [-0.4, -0.2) is 31.4 Å². The SMILES string of the molecule is Cc1ccc(C(=O)CN2C3=NCCCN3c3ccccc32)cc1. The Balaban J connectivity index is 1.66. The summed E-state index contributed by atoms with van der Waals surface area (Å²) in [6.07, 6.45) is 1.05. The summed E-state index contributed by atoms with van der Waals surface area (Å²) in [5, 5.41) is 0. The van der Waals surface area contributed by atoms with Gasteiger partial charge in [-0.3, -0.25) is 9.79 Å². The van der Waals surface area contributed by atoms with Gasteiger partial charge in [-0.25, -0.2) is 0 Å². The van der Waals surface area contributed by atoms with Gasteiger partial charge in [-0.2, -0.15) is 0 Å². The summed E-state index contributed by atoms with van der Waals surface area (Å²) in [6, 6.07) is 16.0. The van der Waals surface area contributed by atoms with E-state index in [2.05, 4.69) is 26.9 Å². The topological polar surface area (TPSA) is 35.9 Å². The minimum absolute atomic E-state index is 0.120. The molecule has 0 aromatic heterocycles. The average molecular weight is 305 g/mol. The summed E-state index contributed by atoms with van der Waals surface area (Å²) >= 11 is 0. The maximum Gasteiger partial charge on any atom is 0.206 e. The first-order valence-electron chi connectivity index (χ1n) is 8.02. The van der Waals surface area contributed by atoms with Crippen molar-refractivity contribution in [1.29, 1.82) is 0 Å². The van der Waals surface area contributed by atoms with Crippen LogP contribution in [0.4, 0.5) is 11.4 Å². The average Bonchev–Trinajstić information content (AvgIpc) is 2.90. The van der Waals surface area contributed by atoms with Gasteiger partial charge in [-0.05, 0) is 25.5 Å². The zero-order valence-electron chi connectivity index (χ0n) is 13.2. The fourth-order valence-electron chi connectivity index (χ4n) is 3.21. The lowest BCUT2D eigenvalue weighted by atomic mass is 10.1. The van der Waals surface area contributed by atoms with Gasteiger partial charge in [0, 0.05) is 18.7 Å². The van der Waals surface area contributed by atoms with Crippen LogP contribution in [0.1, 0.15) is 22.3 Å². The highest BCUT2D eigenvalue weighted by Gasteiger charge is 2.34. The highest BCUT2D eigenvalue weighted by atomic mass is 16.1. The van der Waals surface area contributed by atoms with E-state index in [1.54, 1.807) is 0 Å². The quantitative estimate of drug-likeness (QED) is 0.817. The van der Waals surface area contributed by atoms with Crippen LogP contribution in [0.3, 0.4) is 0 Å². The molecule has 0 saturated carbocycles. The van der Waals surface area contributed by atoms with Gasteiger partial charge in [-0.1, -0.05) is 42.0 Å². The number of fused-ring (bicyclic) bond motifs is 3. The highest BCUT2D eigenvalue weighted by Crippen LogP contribution is 2.38. The van der Waals surface area contributed by atoms with Gasteiger partial charge in [0.2, 0.25) is 5.96 Å². The number of anilines is 2. The molecule has 4 rings (SSSR count). The molecule has 0 fully saturated rings. The third-order valence-electron chi connectivity index (χ3n) is 4.41. The van der Waals surface area contributed by atoms with E-state index in [9.17, 15) is 4.79 Å². The van der Waals surface area contributed by atoms with Crippen LogP contribution < -0.4 is 9.80 Å². The molecule has 0 atom stereocenters. The minimum atomic E-state index is 0.120. The van der Waals surface area contributed by atoms with E-state index >= 15 is 0 Å². The monoisotopic (exact) mass is 305 g/mol. The number of hydrogen-bond donors (Lipinski definition) is 0. The largest absolute Gasteiger partial charge is 0.310 e. The van der Waals surface area contributed by atoms with Crippen LogP contribution >= 0.6 is 0 Å². The Morgan fingerprint density at radius 3 is 2.61 bits per heavy atom. The zero-order valence-corrected chi connectivity index (χ0v) is 13.2. The first-order valence-corrected chi connectivity index (χ1v) is 8.02. The van der Waals surface area contributed by atoms with E-state index < -0.39 is 0 Å². The van der Waals surface area contributed by atoms with Gasteiger partial charge in [0.05, 0.1) is 17.9 Å². The fourth-order valence-corrected chi connectivity index (χ4v) is 3.21. The van der Waals surface area contributed by atoms with Crippen molar-refractivity contribution in [3.05, 3.63) is 59.7 Å². The molecule has 2 aliphatic heterocycles. The van der Waals surface area contributed by atoms with Gasteiger partial charge in [-0.15, -0.1) is 0 Å². The predicted molar refractivity (Wildman–Crippen MR) is 93.6 cm³/mol. The summed E-state index contributed by atoms with van der Waals surface area (Å²) in [4.78, 5) is 21.6. The summed E-state index contributed by atoms with van der Waals surface area (Å²) in [6.45, 7) is 4.15. The lowest BCUT2D eigenvalue weighted by Crippen LogP contribution is -2.43. The van der Waals surface area contributed by atoms with Crippen LogP contribution in [0.2, 0.25) is 0 Å². The Hall–Kier alpha value is -2.62. The molecular weight excluding hydrogens is 286 g/mol. The molecule has 2 aliphatic rings. The molecular formula is C19H19N3O. The molecule has 23 heavy (non-hydrogen) atoms. The molecule has 4 nitrogen and oxygen atoms in total. The van der Waals surface area contributed by atoms with Crippen molar-refractivity contribution in [1.82, 2.24) is 0 Å². The van der Waals surface area contributed by atoms with Gasteiger partial charge >= 0.3 is 0 Å². The Morgan fingerprint density at radius 2 is 1.83 bits per heavy atom. The highest BCUT2D eigenvalue weighted by molar-refractivity contribution is 6.19. The molecule has 0 saturated heterocycles. The number of guanidine groups is 1. The smallest absolute Gasteiger partial charge is 0.206 e. The molecule has 0 unspecified atom stereocenters. The van der Waals surface area contributed by atoms with Crippen LogP contribution in [0.15, 0.2) is 53.5 Å². The zero-order chi connectivity index (χ0) is 15.8. The number of ketones is 1. The number of rotatable bonds is 3. The fraction of sp³-hybridized carbons (Fsp3) is 0.263. The molecule has 116 valence electrons. The van der Waals surface area contributed by atoms with Crippen LogP contribution in [-0.2, 0) is 0 Å². The lowest BCUT2D eigenvalue weighted by Gasteiger charge is -2.26. The Kier molecular flexibility index (Phi) is 3.37. The van der Waals surface area contributed by atoms with Crippen molar-refractivity contribution in [3.63, 3.8) is 0 Å². The number of aryl methyl sites for hydroxylation is 1. The Bertz CT molecular complexity index is 779. The second-order valence-corrected chi connectivity index (χ2v) is 6.05. The predicted octanol–water partition coefficient (Wildman–Crippen LogP) is 3.26. The van der Waals surface area contributed by atoms with E-state index in [-0.39, 0.29) is 5.78 Å². The second kappa shape index (κ2) is 5.54. The molecule has 0 radical (unpaired) electrons. The van der Waals surface area contributed by atoms with E-state index in [0.29, 0.717) is 6.54 Å². The van der Waals surface area contributed by atoms with E-state index in [1.165, 1.54) is 0 Å². The summed E-state index contributed by atoms with van der Waals surface area (Å²) in [7, 11) is 0. The maximum atomic E-state index is 12.7. The molecule has 2 heterocycles. The number of nitrogens with zero attached hydrogens (tertiary/aromatic N) is 3. The number of Topliss-reactive ketones (excluding diaryl/α,β-unsaturated/α-hetero) is 1. The number of aliphatic imine (C=N–C) groups is 1. The molecule has 0 N–H and O–H groups in total. The van der Waals surface area contributed by atoms with Crippen molar-refractivity contribution >= 4 is 23.1 Å². The summed E-state index contributed by atoms with van der Waals surface area (Å²) < 4.78 is 0. The van der Waals surface area contributed by atoms with Crippen LogP contribution in [0.5, 0.6) is 0 Å². The van der Waals surface area contributed by atoms with Crippen molar-refractivity contribution in [3.8, 4) is 0 Å². The summed E-state index contributed by atoms with van der Waals surface area (Å²) in [5.74, 6) is 1.04. The molecule has 4 heteroatoms. The summed E-state index contributed by atoms with van der Waals surface area (Å²) in [5.41, 5.74) is 4.15. The number of carbonyl (C=O) groups excluding carboxylic acids is 1. The van der Waals surface area contributed by atoms with Gasteiger partial charge in [0.25, 0.3) is 0 Å². The van der Waals surface area contributed by atoms with Gasteiger partial charge in [0.15, 0.2) is 5.78 Å². The van der Waals surface area contributed by atoms with E-state index in [4.69, 9.17) is 0 Å². The first-order chi connectivity index (χ1) is 11.2. The second-order valence-electron chi connectivity index (χ2n) is 6.05.